The van der Waals surface area contributed by atoms with Gasteiger partial charge >= 0.3 is 0 Å². The molecular formula is C25H25N7O2S2. The maximum atomic E-state index is 13.4. The van der Waals surface area contributed by atoms with Gasteiger partial charge in [0, 0.05) is 48.8 Å². The summed E-state index contributed by atoms with van der Waals surface area (Å²) in [6.07, 6.45) is 6.93. The van der Waals surface area contributed by atoms with Gasteiger partial charge in [0.15, 0.2) is 5.13 Å². The van der Waals surface area contributed by atoms with Crippen molar-refractivity contribution in [2.45, 2.75) is 57.7 Å². The summed E-state index contributed by atoms with van der Waals surface area (Å²) in [7, 11) is 0. The number of hydrogen-bond acceptors (Lipinski definition) is 10. The zero-order valence-corrected chi connectivity index (χ0v) is 21.6. The van der Waals surface area contributed by atoms with E-state index in [0.29, 0.717) is 17.3 Å². The molecule has 0 aromatic carbocycles. The average molecular weight is 520 g/mol. The number of anilines is 2. The molecule has 1 unspecified atom stereocenters. The summed E-state index contributed by atoms with van der Waals surface area (Å²) < 4.78 is 6.04. The van der Waals surface area contributed by atoms with Crippen LogP contribution in [0.5, 0.6) is 5.88 Å². The third kappa shape index (κ3) is 4.56. The number of hydrogen-bond donors (Lipinski definition) is 1. The Morgan fingerprint density at radius 1 is 1.14 bits per heavy atom. The Bertz CT molecular complexity index is 1360. The number of piperidine rings is 1. The zero-order valence-electron chi connectivity index (χ0n) is 19.9. The number of fused-ring (bicyclic) bond motifs is 2. The van der Waals surface area contributed by atoms with E-state index in [-0.39, 0.29) is 24.1 Å². The van der Waals surface area contributed by atoms with Gasteiger partial charge in [0.1, 0.15) is 11.9 Å². The molecule has 0 saturated carbocycles. The smallest absolute Gasteiger partial charge is 0.255 e. The minimum Gasteiger partial charge on any atom is -0.473 e. The van der Waals surface area contributed by atoms with E-state index in [1.807, 2.05) is 48.4 Å². The lowest BCUT2D eigenvalue weighted by Gasteiger charge is -2.38. The van der Waals surface area contributed by atoms with Gasteiger partial charge in [-0.05, 0) is 44.9 Å². The molecule has 2 fully saturated rings. The SMILES string of the molecule is Cc1nc(C)c(-c2csc(Nc3ccc(C(=O)N4[C@@H]5CC[C@H]4CC(Oc4cccnn4)C5)cn3)n2)s1. The van der Waals surface area contributed by atoms with Gasteiger partial charge in [-0.25, -0.2) is 15.0 Å². The minimum absolute atomic E-state index is 0.0343. The van der Waals surface area contributed by atoms with E-state index in [4.69, 9.17) is 4.74 Å². The van der Waals surface area contributed by atoms with E-state index >= 15 is 0 Å². The molecule has 11 heteroatoms. The topological polar surface area (TPSA) is 106 Å². The number of thiazole rings is 2. The number of rotatable bonds is 6. The van der Waals surface area contributed by atoms with Crippen molar-refractivity contribution < 1.29 is 9.53 Å². The molecule has 4 aromatic rings. The Morgan fingerprint density at radius 3 is 2.64 bits per heavy atom. The lowest BCUT2D eigenvalue weighted by molar-refractivity contribution is 0.0345. The Balaban J connectivity index is 1.10. The highest BCUT2D eigenvalue weighted by Gasteiger charge is 2.44. The number of pyridine rings is 1. The van der Waals surface area contributed by atoms with Crippen LogP contribution in [0.1, 0.15) is 46.7 Å². The fraction of sp³-hybridized carbons (Fsp3) is 0.360. The van der Waals surface area contributed by atoms with Crippen molar-refractivity contribution in [3.63, 3.8) is 0 Å². The summed E-state index contributed by atoms with van der Waals surface area (Å²) in [5, 5.41) is 15.0. The van der Waals surface area contributed by atoms with E-state index in [1.165, 1.54) is 11.3 Å². The lowest BCUT2D eigenvalue weighted by Crippen LogP contribution is -2.49. The summed E-state index contributed by atoms with van der Waals surface area (Å²) in [6.45, 7) is 4.00. The minimum atomic E-state index is 0.0343. The van der Waals surface area contributed by atoms with Crippen LogP contribution in [0.15, 0.2) is 42.0 Å². The molecule has 2 bridgehead atoms. The zero-order chi connectivity index (χ0) is 24.6. The summed E-state index contributed by atoms with van der Waals surface area (Å²) >= 11 is 3.17. The van der Waals surface area contributed by atoms with Gasteiger partial charge in [0.2, 0.25) is 5.88 Å². The Kier molecular flexibility index (Phi) is 6.10. The van der Waals surface area contributed by atoms with Crippen LogP contribution in [0.2, 0.25) is 0 Å². The van der Waals surface area contributed by atoms with E-state index in [2.05, 4.69) is 30.5 Å². The third-order valence-electron chi connectivity index (χ3n) is 6.65. The molecule has 36 heavy (non-hydrogen) atoms. The maximum Gasteiger partial charge on any atom is 0.255 e. The van der Waals surface area contributed by atoms with Crippen LogP contribution >= 0.6 is 22.7 Å². The van der Waals surface area contributed by atoms with Gasteiger partial charge < -0.3 is 15.0 Å². The van der Waals surface area contributed by atoms with Gasteiger partial charge in [0.25, 0.3) is 5.91 Å². The van der Waals surface area contributed by atoms with E-state index in [0.717, 1.165) is 52.1 Å². The van der Waals surface area contributed by atoms with Crippen molar-refractivity contribution in [2.24, 2.45) is 0 Å². The first-order chi connectivity index (χ1) is 17.5. The molecule has 2 aliphatic heterocycles. The summed E-state index contributed by atoms with van der Waals surface area (Å²) in [5.74, 6) is 1.23. The number of amides is 1. The standard InChI is InChI=1S/C25H25N7O2S2/c1-14-23(36-15(2)28-14)20-13-35-25(29-20)30-21-8-5-16(12-26-21)24(33)32-17-6-7-18(32)11-19(10-17)34-22-4-3-9-27-31-22/h3-5,8-9,12-13,17-19H,6-7,10-11H2,1-2H3,(H,26,29,30)/t17-,18+,19?. The second-order valence-electron chi connectivity index (χ2n) is 9.11. The highest BCUT2D eigenvalue weighted by molar-refractivity contribution is 7.16. The van der Waals surface area contributed by atoms with Gasteiger partial charge in [-0.2, -0.15) is 5.10 Å². The van der Waals surface area contributed by atoms with Crippen LogP contribution in [0.25, 0.3) is 10.6 Å². The molecule has 184 valence electrons. The van der Waals surface area contributed by atoms with E-state index < -0.39 is 0 Å². The Hall–Kier alpha value is -3.44. The second kappa shape index (κ2) is 9.55. The monoisotopic (exact) mass is 519 g/mol. The lowest BCUT2D eigenvalue weighted by atomic mass is 9.98. The number of aryl methyl sites for hydroxylation is 2. The number of carbonyl (C=O) groups is 1. The Morgan fingerprint density at radius 2 is 1.97 bits per heavy atom. The molecule has 6 heterocycles. The number of carbonyl (C=O) groups excluding carboxylic acids is 1. The summed E-state index contributed by atoms with van der Waals surface area (Å²) in [6, 6.07) is 7.65. The van der Waals surface area contributed by atoms with Crippen molar-refractivity contribution in [1.29, 1.82) is 0 Å². The van der Waals surface area contributed by atoms with E-state index in [9.17, 15) is 4.79 Å². The van der Waals surface area contributed by atoms with Gasteiger partial charge in [-0.1, -0.05) is 0 Å². The van der Waals surface area contributed by atoms with Gasteiger partial charge in [-0.3, -0.25) is 4.79 Å². The van der Waals surface area contributed by atoms with Crippen LogP contribution in [-0.2, 0) is 0 Å². The molecule has 0 spiro atoms. The molecule has 3 atom stereocenters. The first-order valence-electron chi connectivity index (χ1n) is 11.9. The molecule has 9 nitrogen and oxygen atoms in total. The van der Waals surface area contributed by atoms with Crippen LogP contribution in [0.4, 0.5) is 10.9 Å². The maximum absolute atomic E-state index is 13.4. The van der Waals surface area contributed by atoms with Crippen LogP contribution in [-0.4, -0.2) is 54.1 Å². The van der Waals surface area contributed by atoms with Crippen molar-refractivity contribution >= 4 is 39.5 Å². The molecule has 1 amide bonds. The van der Waals surface area contributed by atoms with E-state index in [1.54, 1.807) is 23.7 Å². The van der Waals surface area contributed by atoms with Crippen molar-refractivity contribution in [1.82, 2.24) is 30.0 Å². The predicted molar refractivity (Wildman–Crippen MR) is 139 cm³/mol. The molecule has 2 aliphatic rings. The Labute approximate surface area is 216 Å². The molecule has 2 saturated heterocycles. The average Bonchev–Trinajstić information content (AvgIpc) is 3.55. The highest BCUT2D eigenvalue weighted by atomic mass is 32.1. The van der Waals surface area contributed by atoms with Gasteiger partial charge in [-0.15, -0.1) is 27.8 Å². The number of aromatic nitrogens is 5. The predicted octanol–water partition coefficient (Wildman–Crippen LogP) is 5.03. The van der Waals surface area contributed by atoms with Gasteiger partial charge in [0.05, 0.1) is 26.8 Å². The quantitative estimate of drug-likeness (QED) is 0.378. The summed E-state index contributed by atoms with van der Waals surface area (Å²) in [5.41, 5.74) is 2.51. The highest BCUT2D eigenvalue weighted by Crippen LogP contribution is 2.38. The molecular weight excluding hydrogens is 494 g/mol. The molecule has 1 N–H and O–H groups in total. The van der Waals surface area contributed by atoms with Crippen molar-refractivity contribution in [2.75, 3.05) is 5.32 Å². The molecule has 4 aromatic heterocycles. The fourth-order valence-corrected chi connectivity index (χ4v) is 6.80. The number of nitrogens with zero attached hydrogens (tertiary/aromatic N) is 6. The first kappa shape index (κ1) is 23.0. The number of ether oxygens (including phenoxy) is 1. The molecule has 0 radical (unpaired) electrons. The second-order valence-corrected chi connectivity index (χ2v) is 11.2. The first-order valence-corrected chi connectivity index (χ1v) is 13.6. The fourth-order valence-electron chi connectivity index (χ4n) is 5.13. The molecule has 6 rings (SSSR count). The van der Waals surface area contributed by atoms with Crippen LogP contribution in [0.3, 0.4) is 0 Å². The largest absolute Gasteiger partial charge is 0.473 e. The van der Waals surface area contributed by atoms with Crippen molar-refractivity contribution in [3.05, 3.63) is 58.3 Å². The normalized spacial score (nSPS) is 20.9. The van der Waals surface area contributed by atoms with Crippen LogP contribution in [0, 0.1) is 13.8 Å². The summed E-state index contributed by atoms with van der Waals surface area (Å²) in [4.78, 5) is 30.2. The number of nitrogens with one attached hydrogen (secondary N) is 1. The van der Waals surface area contributed by atoms with Crippen molar-refractivity contribution in [3.8, 4) is 16.5 Å². The third-order valence-corrected chi connectivity index (χ3v) is 8.50. The van der Waals surface area contributed by atoms with Crippen LogP contribution < -0.4 is 10.1 Å². The molecule has 0 aliphatic carbocycles.